The second-order valence-electron chi connectivity index (χ2n) is 3.90. The molecule has 0 aromatic rings. The fourth-order valence-electron chi connectivity index (χ4n) is 1.16. The highest BCUT2D eigenvalue weighted by Crippen LogP contribution is 1.97. The van der Waals surface area contributed by atoms with Crippen LogP contribution in [0.5, 0.6) is 0 Å². The van der Waals surface area contributed by atoms with Gasteiger partial charge in [0.2, 0.25) is 11.8 Å². The summed E-state index contributed by atoms with van der Waals surface area (Å²) in [5.41, 5.74) is 5.23. The van der Waals surface area contributed by atoms with Gasteiger partial charge in [-0.05, 0) is 6.42 Å². The van der Waals surface area contributed by atoms with Crippen LogP contribution in [0.3, 0.4) is 0 Å². The Kier molecular flexibility index (Phi) is 11.2. The number of amides is 2. The van der Waals surface area contributed by atoms with Gasteiger partial charge in [0, 0.05) is 12.2 Å². The lowest BCUT2D eigenvalue weighted by atomic mass is 10.1. The van der Waals surface area contributed by atoms with Gasteiger partial charge < -0.3 is 26.6 Å². The number of carbonyl (C=O) groups excluding carboxylic acids is 2. The van der Waals surface area contributed by atoms with E-state index in [-0.39, 0.29) is 26.0 Å². The molecule has 0 aliphatic heterocycles. The largest absolute Gasteiger partial charge is 0.480 e. The molecule has 2 atom stereocenters. The van der Waals surface area contributed by atoms with Gasteiger partial charge in [0.1, 0.15) is 18.6 Å². The van der Waals surface area contributed by atoms with Crippen molar-refractivity contribution in [1.82, 2.24) is 10.6 Å². The van der Waals surface area contributed by atoms with Crippen LogP contribution in [0.4, 0.5) is 0 Å². The average molecular weight is 323 g/mol. The van der Waals surface area contributed by atoms with Crippen molar-refractivity contribution in [2.24, 2.45) is 5.73 Å². The van der Waals surface area contributed by atoms with Crippen LogP contribution in [0, 0.1) is 0 Å². The topological polar surface area (TPSA) is 159 Å². The maximum atomic E-state index is 11.5. The predicted octanol–water partition coefficient (Wildman–Crippen LogP) is -1.57. The highest BCUT2D eigenvalue weighted by atomic mass is 32.1. The predicted molar refractivity (Wildman–Crippen MR) is 78.0 cm³/mol. The van der Waals surface area contributed by atoms with Crippen LogP contribution in [0.15, 0.2) is 0 Å². The van der Waals surface area contributed by atoms with Crippen LogP contribution in [0.25, 0.3) is 0 Å². The Morgan fingerprint density at radius 3 is 2.19 bits per heavy atom. The van der Waals surface area contributed by atoms with E-state index in [0.717, 1.165) is 0 Å². The zero-order valence-electron chi connectivity index (χ0n) is 10.5. The zero-order chi connectivity index (χ0) is 15.7. The van der Waals surface area contributed by atoms with Gasteiger partial charge in [-0.1, -0.05) is 7.43 Å². The van der Waals surface area contributed by atoms with Crippen molar-refractivity contribution in [1.29, 1.82) is 0 Å². The van der Waals surface area contributed by atoms with Crippen LogP contribution in [0.2, 0.25) is 0 Å². The molecule has 0 heterocycles. The van der Waals surface area contributed by atoms with Crippen LogP contribution in [-0.4, -0.2) is 58.3 Å². The molecule has 0 bridgehead atoms. The molecule has 0 aliphatic rings. The molecule has 0 radical (unpaired) electrons. The van der Waals surface area contributed by atoms with Crippen molar-refractivity contribution >= 4 is 36.4 Å². The highest BCUT2D eigenvalue weighted by molar-refractivity contribution is 7.80. The van der Waals surface area contributed by atoms with Crippen molar-refractivity contribution in [3.8, 4) is 0 Å². The minimum atomic E-state index is -1.22. The van der Waals surface area contributed by atoms with Gasteiger partial charge >= 0.3 is 11.9 Å². The molecule has 21 heavy (non-hydrogen) atoms. The third-order valence-corrected chi connectivity index (χ3v) is 2.61. The van der Waals surface area contributed by atoms with E-state index in [1.807, 2.05) is 0 Å². The maximum Gasteiger partial charge on any atom is 0.322 e. The molecule has 9 nitrogen and oxygen atoms in total. The van der Waals surface area contributed by atoms with Gasteiger partial charge in [0.25, 0.3) is 0 Å². The number of carbonyl (C=O) groups is 4. The summed E-state index contributed by atoms with van der Waals surface area (Å²) in [6, 6.07) is -2.15. The number of carboxylic acids is 2. The van der Waals surface area contributed by atoms with Crippen LogP contribution < -0.4 is 16.4 Å². The number of nitrogens with one attached hydrogen (secondary N) is 2. The molecule has 0 aliphatic carbocycles. The highest BCUT2D eigenvalue weighted by Gasteiger charge is 2.20. The van der Waals surface area contributed by atoms with Crippen molar-refractivity contribution in [3.05, 3.63) is 0 Å². The number of hydrogen-bond acceptors (Lipinski definition) is 6. The molecule has 0 fully saturated rings. The molecule has 122 valence electrons. The normalized spacial score (nSPS) is 12.5. The summed E-state index contributed by atoms with van der Waals surface area (Å²) in [6.45, 7) is -0.567. The van der Waals surface area contributed by atoms with Crippen LogP contribution in [0.1, 0.15) is 20.3 Å². The summed E-state index contributed by atoms with van der Waals surface area (Å²) in [7, 11) is 0. The summed E-state index contributed by atoms with van der Waals surface area (Å²) in [4.78, 5) is 43.7. The number of hydrogen-bond donors (Lipinski definition) is 6. The van der Waals surface area contributed by atoms with Crippen LogP contribution in [-0.2, 0) is 19.2 Å². The molecule has 0 spiro atoms. The van der Waals surface area contributed by atoms with E-state index in [2.05, 4.69) is 23.3 Å². The lowest BCUT2D eigenvalue weighted by Crippen LogP contribution is -2.49. The molecular formula is C11H21N3O6S. The lowest BCUT2D eigenvalue weighted by molar-refractivity contribution is -0.139. The second-order valence-corrected chi connectivity index (χ2v) is 4.26. The van der Waals surface area contributed by atoms with E-state index in [4.69, 9.17) is 15.9 Å². The van der Waals surface area contributed by atoms with E-state index >= 15 is 0 Å². The molecule has 0 saturated heterocycles. The molecule has 0 unspecified atom stereocenters. The monoisotopic (exact) mass is 323 g/mol. The van der Waals surface area contributed by atoms with Crippen molar-refractivity contribution < 1.29 is 29.4 Å². The zero-order valence-corrected chi connectivity index (χ0v) is 11.4. The molecule has 0 rings (SSSR count). The smallest absolute Gasteiger partial charge is 0.322 e. The summed E-state index contributed by atoms with van der Waals surface area (Å²) < 4.78 is 0. The Morgan fingerprint density at radius 2 is 1.76 bits per heavy atom. The Bertz CT molecular complexity index is 390. The Labute approximate surface area is 127 Å². The molecular weight excluding hydrogens is 302 g/mol. The minimum absolute atomic E-state index is 0. The van der Waals surface area contributed by atoms with Crippen molar-refractivity contribution in [2.75, 3.05) is 12.3 Å². The Balaban J connectivity index is 0. The molecule has 0 saturated carbocycles. The quantitative estimate of drug-likeness (QED) is 0.280. The second kappa shape index (κ2) is 10.9. The Hall–Kier alpha value is -1.81. The van der Waals surface area contributed by atoms with E-state index in [1.165, 1.54) is 0 Å². The third kappa shape index (κ3) is 9.68. The van der Waals surface area contributed by atoms with Crippen molar-refractivity contribution in [3.63, 3.8) is 0 Å². The number of nitrogens with two attached hydrogens (primary N) is 1. The Morgan fingerprint density at radius 1 is 1.19 bits per heavy atom. The average Bonchev–Trinajstić information content (AvgIpc) is 2.38. The molecule has 10 heteroatoms. The van der Waals surface area contributed by atoms with Crippen LogP contribution >= 0.6 is 12.6 Å². The molecule has 2 amide bonds. The minimum Gasteiger partial charge on any atom is -0.480 e. The third-order valence-electron chi connectivity index (χ3n) is 2.25. The van der Waals surface area contributed by atoms with Gasteiger partial charge in [-0.25, -0.2) is 0 Å². The SMILES string of the molecule is C.N[C@@H](CCC(=O)N[C@@H](CS)C(=O)NCC(=O)O)C(=O)O. The summed E-state index contributed by atoms with van der Waals surface area (Å²) in [6.07, 6.45) is -0.235. The molecule has 0 aromatic heterocycles. The summed E-state index contributed by atoms with van der Waals surface area (Å²) >= 11 is 3.87. The standard InChI is InChI=1S/C10H17N3O6S.CH4/c11-5(10(18)19)1-2-7(14)13-6(4-20)9(17)12-3-8(15)16;/h5-6,20H,1-4,11H2,(H,12,17)(H,13,14)(H,15,16)(H,18,19);1H4/t5-,6-;/m0./s1. The fourth-order valence-corrected chi connectivity index (χ4v) is 1.41. The number of carboxylic acid groups (broad SMARTS) is 2. The maximum absolute atomic E-state index is 11.5. The first-order valence-corrected chi connectivity index (χ1v) is 6.29. The van der Waals surface area contributed by atoms with Gasteiger partial charge in [-0.2, -0.15) is 12.6 Å². The van der Waals surface area contributed by atoms with Gasteiger partial charge in [0.05, 0.1) is 0 Å². The number of rotatable bonds is 9. The first-order chi connectivity index (χ1) is 9.27. The van der Waals surface area contributed by atoms with Gasteiger partial charge in [-0.3, -0.25) is 19.2 Å². The molecule has 0 aromatic carbocycles. The first-order valence-electron chi connectivity index (χ1n) is 5.66. The lowest BCUT2D eigenvalue weighted by Gasteiger charge is -2.16. The first kappa shape index (κ1) is 21.5. The summed E-state index contributed by atoms with van der Waals surface area (Å²) in [5, 5.41) is 21.4. The van der Waals surface area contributed by atoms with E-state index in [9.17, 15) is 19.2 Å². The molecule has 6 N–H and O–H groups in total. The number of thiol groups is 1. The van der Waals surface area contributed by atoms with E-state index in [0.29, 0.717) is 0 Å². The number of aliphatic carboxylic acids is 2. The fraction of sp³-hybridized carbons (Fsp3) is 0.636. The van der Waals surface area contributed by atoms with E-state index < -0.39 is 42.4 Å². The van der Waals surface area contributed by atoms with Gasteiger partial charge in [0.15, 0.2) is 0 Å². The summed E-state index contributed by atoms with van der Waals surface area (Å²) in [5.74, 6) is -3.70. The van der Waals surface area contributed by atoms with E-state index in [1.54, 1.807) is 0 Å². The van der Waals surface area contributed by atoms with Gasteiger partial charge in [-0.15, -0.1) is 0 Å². The van der Waals surface area contributed by atoms with Crippen molar-refractivity contribution in [2.45, 2.75) is 32.4 Å².